The number of carbonyl (C=O) groups is 2. The minimum atomic E-state index is -1.66. The average Bonchev–Trinajstić information content (AvgIpc) is 3.54. The number of methoxy groups -OCH3 is 2. The number of unbranched alkanes of at least 4 members (excludes halogenated alkanes) is 2. The summed E-state index contributed by atoms with van der Waals surface area (Å²) in [6.07, 6.45) is 6.44. The molecule has 0 bridgehead atoms. The molecular weight excluding hydrogens is 974 g/mol. The van der Waals surface area contributed by atoms with Gasteiger partial charge in [0, 0.05) is 43.7 Å². The number of aliphatic hydroxyl groups excluding tert-OH is 2. The van der Waals surface area contributed by atoms with Crippen LogP contribution in [0.4, 0.5) is 19.7 Å². The normalized spacial score (nSPS) is 20.7. The highest BCUT2D eigenvalue weighted by Gasteiger charge is 2.66. The number of ether oxygens (including phenoxy) is 7. The van der Waals surface area contributed by atoms with Crippen molar-refractivity contribution in [2.45, 2.75) is 82.5 Å². The highest BCUT2D eigenvalue weighted by Crippen LogP contribution is 2.62. The Labute approximate surface area is 443 Å². The number of fused-ring (bicyclic) bond motifs is 2. The smallest absolute Gasteiger partial charge is 0.417 e. The molecule has 2 aliphatic carbocycles. The van der Waals surface area contributed by atoms with Crippen molar-refractivity contribution in [3.05, 3.63) is 174 Å². The first kappa shape index (κ1) is 55.0. The minimum absolute atomic E-state index is 0.00459. The van der Waals surface area contributed by atoms with Crippen LogP contribution >= 0.6 is 0 Å². The summed E-state index contributed by atoms with van der Waals surface area (Å²) in [6, 6.07) is 34.6. The predicted molar refractivity (Wildman–Crippen MR) is 285 cm³/mol. The van der Waals surface area contributed by atoms with Gasteiger partial charge in [0.05, 0.1) is 51.4 Å². The maximum Gasteiger partial charge on any atom is 0.417 e. The Kier molecular flexibility index (Phi) is 19.5. The van der Waals surface area contributed by atoms with Crippen molar-refractivity contribution in [1.82, 2.24) is 4.90 Å². The molecule has 8 rings (SSSR count). The molecule has 0 saturated heterocycles. The molecule has 16 heteroatoms. The van der Waals surface area contributed by atoms with Gasteiger partial charge < -0.3 is 48.2 Å². The molecule has 3 N–H and O–H groups in total. The van der Waals surface area contributed by atoms with Gasteiger partial charge in [0.25, 0.3) is 0 Å². The lowest BCUT2D eigenvalue weighted by Gasteiger charge is -2.59. The molecular formula is C60H68FN3O12. The van der Waals surface area contributed by atoms with E-state index < -0.39 is 41.7 Å². The summed E-state index contributed by atoms with van der Waals surface area (Å²) in [5, 5.41) is 27.9. The highest BCUT2D eigenvalue weighted by atomic mass is 19.1. The van der Waals surface area contributed by atoms with E-state index in [0.717, 1.165) is 28.7 Å². The van der Waals surface area contributed by atoms with E-state index in [2.05, 4.69) is 18.0 Å². The van der Waals surface area contributed by atoms with Crippen LogP contribution in [-0.2, 0) is 38.8 Å². The number of amides is 2. The van der Waals surface area contributed by atoms with Crippen LogP contribution in [0.15, 0.2) is 151 Å². The van der Waals surface area contributed by atoms with Crippen molar-refractivity contribution >= 4 is 23.6 Å². The molecule has 1 heterocycles. The lowest BCUT2D eigenvalue weighted by molar-refractivity contribution is -0.256. The molecule has 1 fully saturated rings. The fourth-order valence-corrected chi connectivity index (χ4v) is 10.7. The van der Waals surface area contributed by atoms with Gasteiger partial charge in [-0.2, -0.15) is 0 Å². The van der Waals surface area contributed by atoms with Gasteiger partial charge in [-0.1, -0.05) is 103 Å². The summed E-state index contributed by atoms with van der Waals surface area (Å²) in [7, 11) is 3.03. The zero-order valence-corrected chi connectivity index (χ0v) is 43.2. The number of hydrogen-bond acceptors (Lipinski definition) is 13. The standard InChI is InChI=1S/C60H68FN3O12/c1-4-31-73-60-55(64(38-41-21-23-45(61)24-22-41)59(68)72-33-32-71-39-42-15-7-5-8-16-42)37-52(63-74-40-43-17-9-6-10-18-43)49-34-44(19-11-13-29-65)48(20-12-14-30-66)56(57(49)60)50-35-47(26-28-53(50)76-60)75-58(67)62-51-27-25-46(69-2)36-54(51)70-3/h4-10,15-18,21-28,34-36,44,48,55-57,65-66H,1,11-14,19-20,29-33,37-40H2,2-3H3,(H,62,67). The summed E-state index contributed by atoms with van der Waals surface area (Å²) < 4.78 is 58.0. The summed E-state index contributed by atoms with van der Waals surface area (Å²) in [6.45, 7) is 4.57. The number of carbonyl (C=O) groups excluding carboxylic acids is 2. The van der Waals surface area contributed by atoms with Gasteiger partial charge in [-0.05, 0) is 102 Å². The number of hydrogen-bond donors (Lipinski definition) is 3. The Hall–Kier alpha value is -7.24. The van der Waals surface area contributed by atoms with Gasteiger partial charge in [-0.15, -0.1) is 6.58 Å². The summed E-state index contributed by atoms with van der Waals surface area (Å²) in [5.41, 5.74) is 4.95. The predicted octanol–water partition coefficient (Wildman–Crippen LogP) is 11.1. The van der Waals surface area contributed by atoms with E-state index in [1.165, 1.54) is 26.4 Å². The Balaban J connectivity index is 1.26. The Morgan fingerprint density at radius 2 is 1.54 bits per heavy atom. The molecule has 76 heavy (non-hydrogen) atoms. The number of nitrogens with one attached hydrogen (secondary N) is 1. The van der Waals surface area contributed by atoms with Crippen LogP contribution in [0.3, 0.4) is 0 Å². The van der Waals surface area contributed by atoms with Crippen LogP contribution in [0.25, 0.3) is 0 Å². The fourth-order valence-electron chi connectivity index (χ4n) is 10.7. The fraction of sp³-hybridized carbons (Fsp3) is 0.383. The zero-order chi connectivity index (χ0) is 53.3. The van der Waals surface area contributed by atoms with Crippen molar-refractivity contribution in [1.29, 1.82) is 0 Å². The number of anilines is 1. The summed E-state index contributed by atoms with van der Waals surface area (Å²) in [5.74, 6) is -1.86. The number of rotatable bonds is 26. The van der Waals surface area contributed by atoms with E-state index in [0.29, 0.717) is 72.9 Å². The Morgan fingerprint density at radius 3 is 2.24 bits per heavy atom. The van der Waals surface area contributed by atoms with Gasteiger partial charge >= 0.3 is 12.2 Å². The van der Waals surface area contributed by atoms with E-state index in [4.69, 9.17) is 43.2 Å². The van der Waals surface area contributed by atoms with E-state index in [1.807, 2.05) is 66.7 Å². The number of benzene rings is 5. The Bertz CT molecular complexity index is 2760. The molecule has 0 aromatic heterocycles. The Morgan fingerprint density at radius 1 is 0.829 bits per heavy atom. The van der Waals surface area contributed by atoms with Gasteiger partial charge in [0.1, 0.15) is 48.1 Å². The molecule has 1 saturated carbocycles. The summed E-state index contributed by atoms with van der Waals surface area (Å²) >= 11 is 0. The third kappa shape index (κ3) is 13.4. The van der Waals surface area contributed by atoms with Crippen molar-refractivity contribution in [2.24, 2.45) is 22.9 Å². The molecule has 5 aromatic carbocycles. The van der Waals surface area contributed by atoms with Gasteiger partial charge in [0.2, 0.25) is 5.79 Å². The summed E-state index contributed by atoms with van der Waals surface area (Å²) in [4.78, 5) is 36.7. The van der Waals surface area contributed by atoms with E-state index in [-0.39, 0.29) is 70.2 Å². The molecule has 5 aromatic rings. The third-order valence-corrected chi connectivity index (χ3v) is 14.2. The topological polar surface area (TPSA) is 176 Å². The number of nitrogens with zero attached hydrogens (tertiary/aromatic N) is 2. The van der Waals surface area contributed by atoms with Crippen molar-refractivity contribution < 1.29 is 62.2 Å². The number of allylic oxidation sites excluding steroid dienone is 1. The van der Waals surface area contributed by atoms with Crippen LogP contribution < -0.4 is 24.3 Å². The molecule has 3 aliphatic rings. The lowest BCUT2D eigenvalue weighted by Crippen LogP contribution is -2.70. The molecule has 402 valence electrons. The molecule has 6 atom stereocenters. The minimum Gasteiger partial charge on any atom is -0.497 e. The van der Waals surface area contributed by atoms with Crippen molar-refractivity contribution in [3.8, 4) is 23.0 Å². The first-order chi connectivity index (χ1) is 37.2. The molecule has 2 amide bonds. The molecule has 15 nitrogen and oxygen atoms in total. The van der Waals surface area contributed by atoms with Gasteiger partial charge in [0.15, 0.2) is 0 Å². The second-order valence-electron chi connectivity index (χ2n) is 19.0. The molecule has 6 unspecified atom stereocenters. The second-order valence-corrected chi connectivity index (χ2v) is 19.0. The van der Waals surface area contributed by atoms with Crippen molar-refractivity contribution in [2.75, 3.05) is 52.6 Å². The molecule has 1 aliphatic heterocycles. The first-order valence-electron chi connectivity index (χ1n) is 25.9. The third-order valence-electron chi connectivity index (χ3n) is 14.2. The molecule has 0 radical (unpaired) electrons. The molecule has 0 spiro atoms. The van der Waals surface area contributed by atoms with E-state index in [1.54, 1.807) is 53.4 Å². The second kappa shape index (κ2) is 27.0. The highest BCUT2D eigenvalue weighted by molar-refractivity contribution is 6.03. The number of oxime groups is 1. The van der Waals surface area contributed by atoms with E-state index >= 15 is 4.79 Å². The number of aliphatic hydroxyl groups is 2. The lowest BCUT2D eigenvalue weighted by atomic mass is 9.55. The average molecular weight is 1040 g/mol. The number of halogens is 1. The maximum absolute atomic E-state index is 15.1. The van der Waals surface area contributed by atoms with Crippen LogP contribution in [-0.4, -0.2) is 92.1 Å². The largest absolute Gasteiger partial charge is 0.497 e. The van der Waals surface area contributed by atoms with Crippen molar-refractivity contribution in [3.63, 3.8) is 0 Å². The SMILES string of the molecule is C=CCOC12Oc3ccc(OC(=O)Nc4ccc(OC)cc4OC)cc3C3C(CCCCO)C(CCCCO)C=C(C(=NOCc4ccccc4)CC1N(Cc1ccc(F)cc1)C(=O)OCCOCc1ccccc1)C32. The van der Waals surface area contributed by atoms with Crippen LogP contribution in [0.2, 0.25) is 0 Å². The van der Waals surface area contributed by atoms with Gasteiger partial charge in [-0.3, -0.25) is 10.2 Å². The van der Waals surface area contributed by atoms with Crippen LogP contribution in [0.1, 0.15) is 73.1 Å². The maximum atomic E-state index is 15.1. The first-order valence-corrected chi connectivity index (χ1v) is 25.9. The quantitative estimate of drug-likeness (QED) is 0.0272. The van der Waals surface area contributed by atoms with Gasteiger partial charge in [-0.25, -0.2) is 14.0 Å². The van der Waals surface area contributed by atoms with Crippen LogP contribution in [0, 0.1) is 23.6 Å². The zero-order valence-electron chi connectivity index (χ0n) is 43.2. The van der Waals surface area contributed by atoms with Crippen LogP contribution in [0.5, 0.6) is 23.0 Å². The monoisotopic (exact) mass is 1040 g/mol. The van der Waals surface area contributed by atoms with E-state index in [9.17, 15) is 19.4 Å².